The van der Waals surface area contributed by atoms with E-state index in [1.165, 1.54) is 9.75 Å². The maximum absolute atomic E-state index is 5.73. The van der Waals surface area contributed by atoms with Crippen molar-refractivity contribution in [1.82, 2.24) is 10.2 Å². The highest BCUT2D eigenvalue weighted by atomic mass is 32.1. The van der Waals surface area contributed by atoms with Crippen molar-refractivity contribution in [3.8, 4) is 11.5 Å². The Bertz CT molecular complexity index is 656. The van der Waals surface area contributed by atoms with Gasteiger partial charge in [-0.3, -0.25) is 4.90 Å². The van der Waals surface area contributed by atoms with Crippen molar-refractivity contribution < 1.29 is 9.47 Å². The molecule has 4 nitrogen and oxygen atoms in total. The number of hydrogen-bond acceptors (Lipinski definition) is 5. The van der Waals surface area contributed by atoms with Gasteiger partial charge in [-0.05, 0) is 43.7 Å². The Labute approximate surface area is 154 Å². The van der Waals surface area contributed by atoms with Gasteiger partial charge < -0.3 is 14.8 Å². The number of nitrogens with zero attached hydrogens (tertiary/aromatic N) is 1. The van der Waals surface area contributed by atoms with E-state index in [0.29, 0.717) is 0 Å². The summed E-state index contributed by atoms with van der Waals surface area (Å²) >= 11 is 1.90. The summed E-state index contributed by atoms with van der Waals surface area (Å²) in [5.74, 6) is 1.79. The molecule has 1 aromatic heterocycles. The third-order valence-corrected chi connectivity index (χ3v) is 6.06. The van der Waals surface area contributed by atoms with Gasteiger partial charge in [0.15, 0.2) is 0 Å². The van der Waals surface area contributed by atoms with Gasteiger partial charge in [-0.15, -0.1) is 11.3 Å². The summed E-state index contributed by atoms with van der Waals surface area (Å²) in [5.41, 5.74) is 1.14. The van der Waals surface area contributed by atoms with Gasteiger partial charge in [-0.1, -0.05) is 13.0 Å². The SMILES string of the molecule is CCc1ccc(C(c2c(OC)cccc2OC)N2CCCNCC2)s1. The lowest BCUT2D eigenvalue weighted by Gasteiger charge is -2.32. The third kappa shape index (κ3) is 4.00. The molecule has 0 amide bonds. The molecule has 1 fully saturated rings. The molecule has 0 saturated carbocycles. The minimum absolute atomic E-state index is 0.163. The number of aryl methyl sites for hydroxylation is 1. The van der Waals surface area contributed by atoms with E-state index in [-0.39, 0.29) is 6.04 Å². The Morgan fingerprint density at radius 3 is 2.48 bits per heavy atom. The van der Waals surface area contributed by atoms with Crippen molar-refractivity contribution in [2.24, 2.45) is 0 Å². The number of hydrogen-bond donors (Lipinski definition) is 1. The summed E-state index contributed by atoms with van der Waals surface area (Å²) in [6, 6.07) is 10.8. The zero-order chi connectivity index (χ0) is 17.6. The van der Waals surface area contributed by atoms with E-state index in [0.717, 1.165) is 56.1 Å². The monoisotopic (exact) mass is 360 g/mol. The van der Waals surface area contributed by atoms with Crippen LogP contribution in [-0.2, 0) is 6.42 Å². The Hall–Kier alpha value is -1.56. The van der Waals surface area contributed by atoms with Crippen LogP contribution < -0.4 is 14.8 Å². The van der Waals surface area contributed by atoms with Crippen molar-refractivity contribution in [2.45, 2.75) is 25.8 Å². The average molecular weight is 361 g/mol. The molecular formula is C20H28N2O2S. The normalized spacial score (nSPS) is 17.1. The maximum Gasteiger partial charge on any atom is 0.127 e. The molecule has 25 heavy (non-hydrogen) atoms. The predicted molar refractivity (Wildman–Crippen MR) is 104 cm³/mol. The second kappa shape index (κ2) is 8.70. The molecule has 1 saturated heterocycles. The highest BCUT2D eigenvalue weighted by molar-refractivity contribution is 7.12. The van der Waals surface area contributed by atoms with Crippen LogP contribution in [0.4, 0.5) is 0 Å². The number of thiophene rings is 1. The summed E-state index contributed by atoms with van der Waals surface area (Å²) in [6.45, 7) is 6.39. The molecule has 1 N–H and O–H groups in total. The summed E-state index contributed by atoms with van der Waals surface area (Å²) in [5, 5.41) is 3.51. The lowest BCUT2D eigenvalue weighted by Crippen LogP contribution is -2.33. The third-order valence-electron chi connectivity index (χ3n) is 4.78. The Balaban J connectivity index is 2.10. The molecule has 1 unspecified atom stereocenters. The van der Waals surface area contributed by atoms with Crippen LogP contribution >= 0.6 is 11.3 Å². The minimum atomic E-state index is 0.163. The van der Waals surface area contributed by atoms with Crippen LogP contribution in [0.15, 0.2) is 30.3 Å². The minimum Gasteiger partial charge on any atom is -0.496 e. The molecule has 1 atom stereocenters. The van der Waals surface area contributed by atoms with E-state index in [2.05, 4.69) is 29.3 Å². The number of benzene rings is 1. The molecule has 5 heteroatoms. The van der Waals surface area contributed by atoms with Crippen molar-refractivity contribution in [3.63, 3.8) is 0 Å². The molecule has 3 rings (SSSR count). The van der Waals surface area contributed by atoms with E-state index >= 15 is 0 Å². The van der Waals surface area contributed by atoms with Crippen LogP contribution in [0, 0.1) is 0 Å². The first-order valence-corrected chi connectivity index (χ1v) is 9.84. The number of ether oxygens (including phenoxy) is 2. The molecule has 2 aromatic rings. The molecule has 2 heterocycles. The summed E-state index contributed by atoms with van der Waals surface area (Å²) in [4.78, 5) is 5.34. The van der Waals surface area contributed by atoms with Crippen LogP contribution in [0.3, 0.4) is 0 Å². The summed E-state index contributed by atoms with van der Waals surface area (Å²) in [7, 11) is 3.48. The van der Waals surface area contributed by atoms with E-state index in [1.54, 1.807) is 14.2 Å². The van der Waals surface area contributed by atoms with Gasteiger partial charge >= 0.3 is 0 Å². The second-order valence-corrected chi connectivity index (χ2v) is 7.48. The van der Waals surface area contributed by atoms with E-state index in [1.807, 2.05) is 29.5 Å². The fraction of sp³-hybridized carbons (Fsp3) is 0.500. The predicted octanol–water partition coefficient (Wildman–Crippen LogP) is 3.71. The molecule has 0 bridgehead atoms. The lowest BCUT2D eigenvalue weighted by molar-refractivity contribution is 0.233. The fourth-order valence-corrected chi connectivity index (χ4v) is 4.61. The van der Waals surface area contributed by atoms with Gasteiger partial charge in [0, 0.05) is 29.4 Å². The van der Waals surface area contributed by atoms with Gasteiger partial charge in [0.1, 0.15) is 11.5 Å². The first-order chi connectivity index (χ1) is 12.3. The molecule has 1 aromatic carbocycles. The maximum atomic E-state index is 5.73. The Morgan fingerprint density at radius 1 is 1.08 bits per heavy atom. The number of rotatable bonds is 6. The van der Waals surface area contributed by atoms with E-state index in [9.17, 15) is 0 Å². The van der Waals surface area contributed by atoms with Crippen molar-refractivity contribution >= 4 is 11.3 Å². The molecule has 0 aliphatic carbocycles. The Kier molecular flexibility index (Phi) is 6.34. The second-order valence-electron chi connectivity index (χ2n) is 6.28. The van der Waals surface area contributed by atoms with Gasteiger partial charge in [0.2, 0.25) is 0 Å². The van der Waals surface area contributed by atoms with E-state index < -0.39 is 0 Å². The standard InChI is InChI=1S/C20H28N2O2S/c1-4-15-9-10-18(25-15)20(22-13-6-11-21-12-14-22)19-16(23-2)7-5-8-17(19)24-3/h5,7-10,20-21H,4,6,11-14H2,1-3H3. The van der Waals surface area contributed by atoms with Crippen LogP contribution in [0.5, 0.6) is 11.5 Å². The smallest absolute Gasteiger partial charge is 0.127 e. The van der Waals surface area contributed by atoms with E-state index in [4.69, 9.17) is 9.47 Å². The molecule has 0 radical (unpaired) electrons. The number of nitrogens with one attached hydrogen (secondary N) is 1. The zero-order valence-electron chi connectivity index (χ0n) is 15.4. The highest BCUT2D eigenvalue weighted by Gasteiger charge is 2.30. The lowest BCUT2D eigenvalue weighted by atomic mass is 10.0. The first-order valence-electron chi connectivity index (χ1n) is 9.02. The average Bonchev–Trinajstić information content (AvgIpc) is 2.96. The van der Waals surface area contributed by atoms with Crippen molar-refractivity contribution in [1.29, 1.82) is 0 Å². The molecule has 1 aliphatic rings. The van der Waals surface area contributed by atoms with Gasteiger partial charge in [0.05, 0.1) is 25.8 Å². The molecule has 136 valence electrons. The van der Waals surface area contributed by atoms with Crippen LogP contribution in [0.1, 0.15) is 34.7 Å². The van der Waals surface area contributed by atoms with Crippen molar-refractivity contribution in [3.05, 3.63) is 45.6 Å². The zero-order valence-corrected chi connectivity index (χ0v) is 16.2. The van der Waals surface area contributed by atoms with Crippen LogP contribution in [-0.4, -0.2) is 45.3 Å². The molecular weight excluding hydrogens is 332 g/mol. The Morgan fingerprint density at radius 2 is 1.84 bits per heavy atom. The summed E-state index contributed by atoms with van der Waals surface area (Å²) < 4.78 is 11.5. The quantitative estimate of drug-likeness (QED) is 0.851. The highest BCUT2D eigenvalue weighted by Crippen LogP contribution is 2.43. The fourth-order valence-electron chi connectivity index (χ4n) is 3.51. The molecule has 0 spiro atoms. The van der Waals surface area contributed by atoms with Crippen molar-refractivity contribution in [2.75, 3.05) is 40.4 Å². The first kappa shape index (κ1) is 18.2. The molecule has 1 aliphatic heterocycles. The number of methoxy groups -OCH3 is 2. The topological polar surface area (TPSA) is 33.7 Å². The van der Waals surface area contributed by atoms with Crippen LogP contribution in [0.25, 0.3) is 0 Å². The van der Waals surface area contributed by atoms with Gasteiger partial charge in [-0.2, -0.15) is 0 Å². The largest absolute Gasteiger partial charge is 0.496 e. The van der Waals surface area contributed by atoms with Gasteiger partial charge in [0.25, 0.3) is 0 Å². The summed E-state index contributed by atoms with van der Waals surface area (Å²) in [6.07, 6.45) is 2.22. The van der Waals surface area contributed by atoms with Gasteiger partial charge in [-0.25, -0.2) is 0 Å². The van der Waals surface area contributed by atoms with Crippen LogP contribution in [0.2, 0.25) is 0 Å².